The molecule has 0 aromatic heterocycles. The normalized spacial score (nSPS) is 17.1. The highest BCUT2D eigenvalue weighted by atomic mass is 16.5. The number of carbonyl (C=O) groups is 1. The third-order valence-corrected chi connectivity index (χ3v) is 4.23. The highest BCUT2D eigenvalue weighted by Crippen LogP contribution is 2.28. The topological polar surface area (TPSA) is 38.8 Å². The van der Waals surface area contributed by atoms with E-state index in [0.29, 0.717) is 17.4 Å². The number of nitrogens with zero attached hydrogens (tertiary/aromatic N) is 1. The Bertz CT molecular complexity index is 657. The highest BCUT2D eigenvalue weighted by Gasteiger charge is 2.27. The molecule has 120 valence electrons. The third-order valence-electron chi connectivity index (χ3n) is 4.23. The Kier molecular flexibility index (Phi) is 4.81. The number of ether oxygens (including phenoxy) is 2. The van der Waals surface area contributed by atoms with Crippen molar-refractivity contribution < 1.29 is 14.3 Å². The van der Waals surface area contributed by atoms with E-state index < -0.39 is 0 Å². The molecule has 0 saturated carbocycles. The van der Waals surface area contributed by atoms with Crippen molar-refractivity contribution in [2.24, 2.45) is 0 Å². The average Bonchev–Trinajstić information content (AvgIpc) is 3.11. The molecule has 1 aliphatic rings. The second-order valence-corrected chi connectivity index (χ2v) is 5.68. The average molecular weight is 311 g/mol. The first-order valence-corrected chi connectivity index (χ1v) is 7.86. The molecule has 1 aliphatic heterocycles. The van der Waals surface area contributed by atoms with Crippen LogP contribution >= 0.6 is 0 Å². The fourth-order valence-electron chi connectivity index (χ4n) is 2.95. The summed E-state index contributed by atoms with van der Waals surface area (Å²) in [7, 11) is 1.59. The summed E-state index contributed by atoms with van der Waals surface area (Å²) < 4.78 is 10.9. The molecule has 2 aromatic carbocycles. The molecule has 0 radical (unpaired) electrons. The van der Waals surface area contributed by atoms with E-state index in [2.05, 4.69) is 12.1 Å². The van der Waals surface area contributed by atoms with Gasteiger partial charge in [-0.3, -0.25) is 4.79 Å². The fourth-order valence-corrected chi connectivity index (χ4v) is 2.95. The number of carbonyl (C=O) groups excluding carboxylic acids is 1. The van der Waals surface area contributed by atoms with Crippen molar-refractivity contribution in [1.29, 1.82) is 0 Å². The largest absolute Gasteiger partial charge is 0.493 e. The summed E-state index contributed by atoms with van der Waals surface area (Å²) in [6.07, 6.45) is 1.00. The predicted molar refractivity (Wildman–Crippen MR) is 88.9 cm³/mol. The molecule has 1 saturated heterocycles. The molecule has 0 aliphatic carbocycles. The lowest BCUT2D eigenvalue weighted by Crippen LogP contribution is -2.32. The van der Waals surface area contributed by atoms with E-state index in [0.717, 1.165) is 19.5 Å². The van der Waals surface area contributed by atoms with Crippen LogP contribution in [-0.4, -0.2) is 37.6 Å². The molecule has 0 N–H and O–H groups in total. The van der Waals surface area contributed by atoms with Crippen LogP contribution in [-0.2, 0) is 4.79 Å². The monoisotopic (exact) mass is 311 g/mol. The van der Waals surface area contributed by atoms with Crippen LogP contribution in [0.1, 0.15) is 17.9 Å². The quantitative estimate of drug-likeness (QED) is 0.852. The molecule has 23 heavy (non-hydrogen) atoms. The third kappa shape index (κ3) is 3.65. The van der Waals surface area contributed by atoms with E-state index in [1.54, 1.807) is 7.11 Å². The lowest BCUT2D eigenvalue weighted by molar-refractivity contribution is -0.132. The van der Waals surface area contributed by atoms with Crippen molar-refractivity contribution in [3.8, 4) is 11.5 Å². The molecule has 1 amide bonds. The van der Waals surface area contributed by atoms with Gasteiger partial charge in [-0.1, -0.05) is 42.5 Å². The Labute approximate surface area is 136 Å². The maximum absolute atomic E-state index is 12.4. The Morgan fingerprint density at radius 3 is 2.52 bits per heavy atom. The number of para-hydroxylation sites is 2. The number of likely N-dealkylation sites (tertiary alicyclic amines) is 1. The Balaban J connectivity index is 1.55. The summed E-state index contributed by atoms with van der Waals surface area (Å²) in [5.74, 6) is 1.69. The van der Waals surface area contributed by atoms with Gasteiger partial charge < -0.3 is 14.4 Å². The molecular weight excluding hydrogens is 290 g/mol. The zero-order chi connectivity index (χ0) is 16.1. The molecule has 3 rings (SSSR count). The van der Waals surface area contributed by atoms with Crippen LogP contribution in [0.2, 0.25) is 0 Å². The van der Waals surface area contributed by atoms with E-state index in [-0.39, 0.29) is 12.5 Å². The molecule has 1 fully saturated rings. The number of rotatable bonds is 5. The second-order valence-electron chi connectivity index (χ2n) is 5.68. The maximum Gasteiger partial charge on any atom is 0.260 e. The Morgan fingerprint density at radius 1 is 1.09 bits per heavy atom. The van der Waals surface area contributed by atoms with Crippen LogP contribution in [0, 0.1) is 0 Å². The summed E-state index contributed by atoms with van der Waals surface area (Å²) in [4.78, 5) is 14.2. The first-order valence-electron chi connectivity index (χ1n) is 7.86. The standard InChI is InChI=1S/C19H21NO3/c1-22-17-9-5-6-10-18(17)23-14-19(21)20-12-11-16(13-20)15-7-3-2-4-8-15/h2-10,16H,11-14H2,1H3. The lowest BCUT2D eigenvalue weighted by Gasteiger charge is -2.17. The zero-order valence-corrected chi connectivity index (χ0v) is 13.3. The van der Waals surface area contributed by atoms with Crippen molar-refractivity contribution in [3.05, 3.63) is 60.2 Å². The minimum atomic E-state index is 0.0225. The van der Waals surface area contributed by atoms with Crippen LogP contribution in [0.3, 0.4) is 0 Å². The van der Waals surface area contributed by atoms with Gasteiger partial charge in [0.1, 0.15) is 0 Å². The van der Waals surface area contributed by atoms with Gasteiger partial charge in [0.15, 0.2) is 18.1 Å². The van der Waals surface area contributed by atoms with Gasteiger partial charge >= 0.3 is 0 Å². The van der Waals surface area contributed by atoms with Crippen LogP contribution in [0.25, 0.3) is 0 Å². The van der Waals surface area contributed by atoms with Crippen molar-refractivity contribution in [1.82, 2.24) is 4.90 Å². The highest BCUT2D eigenvalue weighted by molar-refractivity contribution is 5.78. The maximum atomic E-state index is 12.4. The number of amides is 1. The predicted octanol–water partition coefficient (Wildman–Crippen LogP) is 3.09. The SMILES string of the molecule is COc1ccccc1OCC(=O)N1CCC(c2ccccc2)C1. The lowest BCUT2D eigenvalue weighted by atomic mass is 9.99. The molecule has 0 spiro atoms. The first-order chi connectivity index (χ1) is 11.3. The number of methoxy groups -OCH3 is 1. The minimum Gasteiger partial charge on any atom is -0.493 e. The van der Waals surface area contributed by atoms with Gasteiger partial charge in [0.2, 0.25) is 0 Å². The summed E-state index contributed by atoms with van der Waals surface area (Å²) in [5, 5.41) is 0. The molecule has 0 bridgehead atoms. The van der Waals surface area contributed by atoms with Crippen molar-refractivity contribution in [2.75, 3.05) is 26.8 Å². The van der Waals surface area contributed by atoms with Crippen LogP contribution in [0.15, 0.2) is 54.6 Å². The van der Waals surface area contributed by atoms with Gasteiger partial charge in [-0.05, 0) is 24.1 Å². The molecule has 1 atom stereocenters. The smallest absolute Gasteiger partial charge is 0.260 e. The molecule has 2 aromatic rings. The van der Waals surface area contributed by atoms with Gasteiger partial charge in [0.25, 0.3) is 5.91 Å². The van der Waals surface area contributed by atoms with Gasteiger partial charge in [0, 0.05) is 19.0 Å². The van der Waals surface area contributed by atoms with Crippen molar-refractivity contribution >= 4 is 5.91 Å². The van der Waals surface area contributed by atoms with E-state index in [1.807, 2.05) is 47.4 Å². The second kappa shape index (κ2) is 7.18. The van der Waals surface area contributed by atoms with Gasteiger partial charge in [-0.15, -0.1) is 0 Å². The van der Waals surface area contributed by atoms with E-state index in [4.69, 9.17) is 9.47 Å². The summed E-state index contributed by atoms with van der Waals surface area (Å²) >= 11 is 0. The van der Waals surface area contributed by atoms with Crippen LogP contribution in [0.4, 0.5) is 0 Å². The van der Waals surface area contributed by atoms with Crippen LogP contribution in [0.5, 0.6) is 11.5 Å². The van der Waals surface area contributed by atoms with E-state index in [9.17, 15) is 4.79 Å². The Morgan fingerprint density at radius 2 is 1.78 bits per heavy atom. The number of hydrogen-bond donors (Lipinski definition) is 0. The first kappa shape index (κ1) is 15.4. The van der Waals surface area contributed by atoms with Crippen LogP contribution < -0.4 is 9.47 Å². The fraction of sp³-hybridized carbons (Fsp3) is 0.316. The molecule has 4 heteroatoms. The zero-order valence-electron chi connectivity index (χ0n) is 13.3. The Hall–Kier alpha value is -2.49. The molecule has 1 unspecified atom stereocenters. The van der Waals surface area contributed by atoms with Gasteiger partial charge in [-0.2, -0.15) is 0 Å². The van der Waals surface area contributed by atoms with Gasteiger partial charge in [0.05, 0.1) is 7.11 Å². The summed E-state index contributed by atoms with van der Waals surface area (Å²) in [6, 6.07) is 17.7. The number of benzene rings is 2. The number of hydrogen-bond acceptors (Lipinski definition) is 3. The summed E-state index contributed by atoms with van der Waals surface area (Å²) in [6.45, 7) is 1.59. The van der Waals surface area contributed by atoms with E-state index >= 15 is 0 Å². The molecule has 4 nitrogen and oxygen atoms in total. The minimum absolute atomic E-state index is 0.0225. The molecule has 1 heterocycles. The van der Waals surface area contributed by atoms with Gasteiger partial charge in [-0.25, -0.2) is 0 Å². The molecular formula is C19H21NO3. The van der Waals surface area contributed by atoms with Crippen molar-refractivity contribution in [2.45, 2.75) is 12.3 Å². The van der Waals surface area contributed by atoms with Crippen molar-refractivity contribution in [3.63, 3.8) is 0 Å². The van der Waals surface area contributed by atoms with E-state index in [1.165, 1.54) is 5.56 Å². The summed E-state index contributed by atoms with van der Waals surface area (Å²) in [5.41, 5.74) is 1.30.